The molecule has 0 amide bonds. The van der Waals surface area contributed by atoms with Gasteiger partial charge >= 0.3 is 0 Å². The lowest BCUT2D eigenvalue weighted by atomic mass is 10.1. The predicted molar refractivity (Wildman–Crippen MR) is 108 cm³/mol. The van der Waals surface area contributed by atoms with Gasteiger partial charge < -0.3 is 5.11 Å². The highest BCUT2D eigenvalue weighted by atomic mass is 35.5. The second-order valence-electron chi connectivity index (χ2n) is 6.44. The van der Waals surface area contributed by atoms with Crippen molar-refractivity contribution in [1.29, 1.82) is 0 Å². The molecule has 1 aromatic heterocycles. The third-order valence-corrected chi connectivity index (χ3v) is 5.43. The number of hydrogen-bond acceptors (Lipinski definition) is 6. The summed E-state index contributed by atoms with van der Waals surface area (Å²) in [5.74, 6) is -0.830. The van der Waals surface area contributed by atoms with Crippen LogP contribution < -0.4 is 5.56 Å². The number of nitrogens with one attached hydrogen (secondary N) is 1. The van der Waals surface area contributed by atoms with Crippen LogP contribution in [0.5, 0.6) is 5.75 Å². The van der Waals surface area contributed by atoms with E-state index in [0.717, 1.165) is 23.3 Å². The first-order chi connectivity index (χ1) is 13.5. The molecular formula is C18H17ClN4O5S. The summed E-state index contributed by atoms with van der Waals surface area (Å²) in [6.45, 7) is 5.50. The van der Waals surface area contributed by atoms with Gasteiger partial charge in [-0.05, 0) is 56.2 Å². The zero-order valence-corrected chi connectivity index (χ0v) is 17.2. The molecule has 2 aromatic carbocycles. The largest absolute Gasteiger partial charge is 0.504 e. The summed E-state index contributed by atoms with van der Waals surface area (Å²) in [7, 11) is -4.73. The van der Waals surface area contributed by atoms with Crippen LogP contribution in [-0.2, 0) is 10.1 Å². The highest BCUT2D eigenvalue weighted by molar-refractivity contribution is 7.86. The molecule has 0 unspecified atom stereocenters. The van der Waals surface area contributed by atoms with Crippen LogP contribution in [-0.4, -0.2) is 27.9 Å². The monoisotopic (exact) mass is 436 g/mol. The molecule has 0 spiro atoms. The average molecular weight is 437 g/mol. The quantitative estimate of drug-likeness (QED) is 0.417. The summed E-state index contributed by atoms with van der Waals surface area (Å²) in [6.07, 6.45) is 0. The lowest BCUT2D eigenvalue weighted by Crippen LogP contribution is -2.14. The Hall–Kier alpha value is -2.95. The van der Waals surface area contributed by atoms with Gasteiger partial charge in [0, 0.05) is 5.02 Å². The third kappa shape index (κ3) is 4.09. The number of H-pyrrole nitrogens is 1. The van der Waals surface area contributed by atoms with Gasteiger partial charge in [0.1, 0.15) is 10.6 Å². The van der Waals surface area contributed by atoms with Crippen LogP contribution >= 0.6 is 11.6 Å². The number of aromatic nitrogens is 2. The average Bonchev–Trinajstić information content (AvgIpc) is 2.91. The van der Waals surface area contributed by atoms with Gasteiger partial charge in [-0.2, -0.15) is 8.42 Å². The van der Waals surface area contributed by atoms with Gasteiger partial charge in [-0.15, -0.1) is 10.2 Å². The highest BCUT2D eigenvalue weighted by Crippen LogP contribution is 2.37. The summed E-state index contributed by atoms with van der Waals surface area (Å²) >= 11 is 5.82. The predicted octanol–water partition coefficient (Wildman–Crippen LogP) is 4.11. The van der Waals surface area contributed by atoms with E-state index in [0.29, 0.717) is 11.4 Å². The van der Waals surface area contributed by atoms with E-state index in [4.69, 9.17) is 11.6 Å². The number of aromatic hydroxyl groups is 1. The van der Waals surface area contributed by atoms with E-state index in [1.165, 1.54) is 4.68 Å². The number of aryl methyl sites for hydroxylation is 3. The summed E-state index contributed by atoms with van der Waals surface area (Å²) in [5.41, 5.74) is 2.28. The molecule has 9 nitrogen and oxygen atoms in total. The normalized spacial score (nSPS) is 12.0. The zero-order chi connectivity index (χ0) is 21.5. The van der Waals surface area contributed by atoms with E-state index in [2.05, 4.69) is 15.3 Å². The van der Waals surface area contributed by atoms with E-state index >= 15 is 0 Å². The van der Waals surface area contributed by atoms with Crippen LogP contribution in [0.3, 0.4) is 0 Å². The molecule has 11 heteroatoms. The fourth-order valence-corrected chi connectivity index (χ4v) is 3.54. The lowest BCUT2D eigenvalue weighted by Gasteiger charge is -2.05. The molecule has 3 rings (SSSR count). The molecule has 0 saturated heterocycles. The van der Waals surface area contributed by atoms with Crippen molar-refractivity contribution in [3.8, 4) is 11.4 Å². The zero-order valence-electron chi connectivity index (χ0n) is 15.6. The van der Waals surface area contributed by atoms with Gasteiger partial charge in [-0.25, -0.2) is 4.68 Å². The van der Waals surface area contributed by atoms with Crippen LogP contribution in [0.1, 0.15) is 16.8 Å². The van der Waals surface area contributed by atoms with Gasteiger partial charge in [-0.1, -0.05) is 17.7 Å². The fraction of sp³-hybridized carbons (Fsp3) is 0.167. The van der Waals surface area contributed by atoms with E-state index < -0.39 is 26.3 Å². The van der Waals surface area contributed by atoms with Crippen molar-refractivity contribution in [2.45, 2.75) is 25.7 Å². The SMILES string of the molecule is Cc1ccc(-n2[nH]c(C)c(N=Nc3cc(Cl)cc(S(=O)(=O)O)c3O)c2=O)cc1C. The Morgan fingerprint density at radius 2 is 1.76 bits per heavy atom. The minimum Gasteiger partial charge on any atom is -0.504 e. The minimum absolute atomic E-state index is 0.0315. The van der Waals surface area contributed by atoms with Gasteiger partial charge in [0.05, 0.1) is 11.4 Å². The third-order valence-electron chi connectivity index (χ3n) is 4.34. The van der Waals surface area contributed by atoms with Crippen LogP contribution in [0.4, 0.5) is 11.4 Å². The highest BCUT2D eigenvalue weighted by Gasteiger charge is 2.20. The molecule has 0 radical (unpaired) electrons. The summed E-state index contributed by atoms with van der Waals surface area (Å²) in [5, 5.41) is 20.5. The lowest BCUT2D eigenvalue weighted by molar-refractivity contribution is 0.444. The first kappa shape index (κ1) is 20.8. The van der Waals surface area contributed by atoms with Gasteiger partial charge in [0.2, 0.25) is 0 Å². The van der Waals surface area contributed by atoms with Crippen molar-refractivity contribution < 1.29 is 18.1 Å². The Morgan fingerprint density at radius 3 is 2.38 bits per heavy atom. The topological polar surface area (TPSA) is 137 Å². The van der Waals surface area contributed by atoms with Crippen molar-refractivity contribution in [2.24, 2.45) is 10.2 Å². The molecule has 0 fully saturated rings. The molecule has 3 aromatic rings. The first-order valence-corrected chi connectivity index (χ1v) is 10.1. The van der Waals surface area contributed by atoms with Gasteiger partial charge in [0.15, 0.2) is 11.4 Å². The maximum atomic E-state index is 12.7. The molecule has 152 valence electrons. The second kappa shape index (κ2) is 7.47. The number of nitrogens with zero attached hydrogens (tertiary/aromatic N) is 3. The Balaban J connectivity index is 2.07. The summed E-state index contributed by atoms with van der Waals surface area (Å²) < 4.78 is 33.2. The molecule has 0 aliphatic rings. The van der Waals surface area contributed by atoms with Gasteiger partial charge in [0.25, 0.3) is 15.7 Å². The maximum absolute atomic E-state index is 12.7. The Kier molecular flexibility index (Phi) is 5.35. The van der Waals surface area contributed by atoms with E-state index in [1.54, 1.807) is 13.0 Å². The van der Waals surface area contributed by atoms with Crippen LogP contribution in [0, 0.1) is 20.8 Å². The minimum atomic E-state index is -4.73. The van der Waals surface area contributed by atoms with Crippen molar-refractivity contribution in [3.05, 3.63) is 62.5 Å². The molecule has 0 saturated carbocycles. The molecule has 1 heterocycles. The van der Waals surface area contributed by atoms with Crippen molar-refractivity contribution in [1.82, 2.24) is 9.78 Å². The molecular weight excluding hydrogens is 420 g/mol. The molecule has 0 atom stereocenters. The van der Waals surface area contributed by atoms with Crippen molar-refractivity contribution >= 4 is 33.1 Å². The summed E-state index contributed by atoms with van der Waals surface area (Å²) in [6, 6.07) is 7.53. The summed E-state index contributed by atoms with van der Waals surface area (Å²) in [4.78, 5) is 11.9. The maximum Gasteiger partial charge on any atom is 0.299 e. The fourth-order valence-electron chi connectivity index (χ4n) is 2.64. The number of halogens is 1. The molecule has 3 N–H and O–H groups in total. The molecule has 0 bridgehead atoms. The van der Waals surface area contributed by atoms with Crippen molar-refractivity contribution in [2.75, 3.05) is 0 Å². The van der Waals surface area contributed by atoms with Crippen molar-refractivity contribution in [3.63, 3.8) is 0 Å². The van der Waals surface area contributed by atoms with E-state index in [9.17, 15) is 22.9 Å². The van der Waals surface area contributed by atoms with Gasteiger partial charge in [-0.3, -0.25) is 14.4 Å². The number of phenols is 1. The smallest absolute Gasteiger partial charge is 0.299 e. The number of phenolic OH excluding ortho intramolecular Hbond substituents is 1. The number of rotatable bonds is 4. The standard InChI is InChI=1S/C18H17ClN4O5S/c1-9-4-5-13(6-10(9)2)23-18(25)16(11(3)22-23)21-20-14-7-12(19)8-15(17(14)24)29(26,27)28/h4-8,22,24H,1-3H3,(H,26,27,28). The van der Waals surface area contributed by atoms with E-state index in [-0.39, 0.29) is 16.4 Å². The second-order valence-corrected chi connectivity index (χ2v) is 8.27. The number of benzene rings is 2. The Bertz CT molecular complexity index is 1310. The number of hydrogen-bond donors (Lipinski definition) is 3. The molecule has 0 aliphatic heterocycles. The Labute approximate surface area is 171 Å². The van der Waals surface area contributed by atoms with Crippen LogP contribution in [0.25, 0.3) is 5.69 Å². The van der Waals surface area contributed by atoms with Crippen LogP contribution in [0.2, 0.25) is 5.02 Å². The molecule has 29 heavy (non-hydrogen) atoms. The number of azo groups is 1. The molecule has 0 aliphatic carbocycles. The number of aromatic amines is 1. The van der Waals surface area contributed by atoms with E-state index in [1.807, 2.05) is 26.0 Å². The van der Waals surface area contributed by atoms with Crippen LogP contribution in [0.15, 0.2) is 50.3 Å². The first-order valence-electron chi connectivity index (χ1n) is 8.30. The Morgan fingerprint density at radius 1 is 1.07 bits per heavy atom.